The van der Waals surface area contributed by atoms with Crippen LogP contribution in [0.5, 0.6) is 0 Å². The maximum Gasteiger partial charge on any atom is 0.243 e. The quantitative estimate of drug-likeness (QED) is 0.459. The number of carbonyl (C=O) groups excluding carboxylic acids is 2. The van der Waals surface area contributed by atoms with Crippen LogP contribution in [0.2, 0.25) is 0 Å². The smallest absolute Gasteiger partial charge is 0.243 e. The van der Waals surface area contributed by atoms with Crippen molar-refractivity contribution in [3.05, 3.63) is 29.8 Å². The zero-order chi connectivity index (χ0) is 23.6. The van der Waals surface area contributed by atoms with Crippen LogP contribution in [0.15, 0.2) is 29.2 Å². The largest absolute Gasteiger partial charge is 0.381 e. The fourth-order valence-corrected chi connectivity index (χ4v) is 4.97. The lowest BCUT2D eigenvalue weighted by atomic mass is 9.97. The number of sulfonamides is 1. The van der Waals surface area contributed by atoms with Gasteiger partial charge in [-0.25, -0.2) is 8.42 Å². The number of aryl methyl sites for hydroxylation is 1. The van der Waals surface area contributed by atoms with Gasteiger partial charge in [0, 0.05) is 38.8 Å². The molecule has 32 heavy (non-hydrogen) atoms. The zero-order valence-electron chi connectivity index (χ0n) is 19.4. The summed E-state index contributed by atoms with van der Waals surface area (Å²) in [6.45, 7) is 8.08. The maximum atomic E-state index is 12.8. The molecule has 0 unspecified atom stereocenters. The topological polar surface area (TPSA) is 105 Å². The van der Waals surface area contributed by atoms with Gasteiger partial charge in [-0.1, -0.05) is 31.0 Å². The molecule has 2 rings (SSSR count). The van der Waals surface area contributed by atoms with Crippen molar-refractivity contribution in [3.63, 3.8) is 0 Å². The number of hydrogen-bond donors (Lipinski definition) is 2. The molecular weight excluding hydrogens is 430 g/mol. The highest BCUT2D eigenvalue weighted by Crippen LogP contribution is 2.24. The summed E-state index contributed by atoms with van der Waals surface area (Å²) >= 11 is 0. The molecule has 180 valence electrons. The first-order chi connectivity index (χ1) is 15.3. The Balaban J connectivity index is 1.72. The van der Waals surface area contributed by atoms with Crippen LogP contribution < -0.4 is 10.6 Å². The summed E-state index contributed by atoms with van der Waals surface area (Å²) in [5.74, 6) is -0.740. The van der Waals surface area contributed by atoms with Crippen molar-refractivity contribution in [1.29, 1.82) is 0 Å². The number of benzene rings is 1. The Morgan fingerprint density at radius 1 is 1.12 bits per heavy atom. The molecule has 8 nitrogen and oxygen atoms in total. The number of nitrogens with zero attached hydrogens (tertiary/aromatic N) is 1. The summed E-state index contributed by atoms with van der Waals surface area (Å²) in [4.78, 5) is 25.1. The average Bonchev–Trinajstić information content (AvgIpc) is 2.78. The highest BCUT2D eigenvalue weighted by Gasteiger charge is 2.32. The second kappa shape index (κ2) is 12.9. The van der Waals surface area contributed by atoms with Gasteiger partial charge in [-0.2, -0.15) is 4.31 Å². The summed E-state index contributed by atoms with van der Waals surface area (Å²) in [7, 11) is -3.56. The van der Waals surface area contributed by atoms with Crippen molar-refractivity contribution in [2.24, 2.45) is 5.92 Å². The zero-order valence-corrected chi connectivity index (χ0v) is 20.2. The maximum absolute atomic E-state index is 12.8. The van der Waals surface area contributed by atoms with Crippen LogP contribution in [-0.2, 0) is 24.3 Å². The second-order valence-electron chi connectivity index (χ2n) is 8.33. The fourth-order valence-electron chi connectivity index (χ4n) is 3.50. The normalized spacial score (nSPS) is 16.5. The Bertz CT molecular complexity index is 834. The molecule has 2 amide bonds. The third-order valence-electron chi connectivity index (χ3n) is 5.64. The molecule has 1 aliphatic heterocycles. The van der Waals surface area contributed by atoms with E-state index < -0.39 is 16.1 Å². The number of ether oxygens (including phenoxy) is 1. The first-order valence-electron chi connectivity index (χ1n) is 11.5. The molecule has 0 bridgehead atoms. The lowest BCUT2D eigenvalue weighted by molar-refractivity contribution is -0.131. The van der Waals surface area contributed by atoms with E-state index in [2.05, 4.69) is 17.6 Å². The van der Waals surface area contributed by atoms with Gasteiger partial charge in [0.2, 0.25) is 21.8 Å². The molecule has 0 aromatic heterocycles. The molecule has 0 spiro atoms. The molecule has 1 saturated heterocycles. The van der Waals surface area contributed by atoms with Crippen molar-refractivity contribution in [2.45, 2.75) is 63.8 Å². The van der Waals surface area contributed by atoms with E-state index in [4.69, 9.17) is 4.74 Å². The number of nitrogens with one attached hydrogen (secondary N) is 2. The molecular formula is C23H37N3O5S. The standard InChI is InChI=1S/C23H37N3O5S/c1-4-5-16-31-17-6-13-24-22(27)19(3)25-23(28)20-11-14-26(15-12-20)32(29,30)21-9-7-18(2)8-10-21/h7-10,19-20H,4-6,11-17H2,1-3H3,(H,24,27)(H,25,28)/t19-/m0/s1. The van der Waals surface area contributed by atoms with E-state index in [1.165, 1.54) is 4.31 Å². The summed E-state index contributed by atoms with van der Waals surface area (Å²) in [5, 5.41) is 5.57. The van der Waals surface area contributed by atoms with Crippen LogP contribution in [0.1, 0.15) is 51.5 Å². The van der Waals surface area contributed by atoms with Crippen LogP contribution in [0.3, 0.4) is 0 Å². The van der Waals surface area contributed by atoms with Gasteiger partial charge in [0.25, 0.3) is 0 Å². The van der Waals surface area contributed by atoms with Crippen molar-refractivity contribution in [2.75, 3.05) is 32.8 Å². The minimum Gasteiger partial charge on any atom is -0.381 e. The molecule has 0 radical (unpaired) electrons. The molecule has 2 N–H and O–H groups in total. The molecule has 1 atom stereocenters. The molecule has 1 aromatic carbocycles. The van der Waals surface area contributed by atoms with E-state index in [1.54, 1.807) is 31.2 Å². The van der Waals surface area contributed by atoms with E-state index in [0.717, 1.165) is 31.4 Å². The predicted molar refractivity (Wildman–Crippen MR) is 124 cm³/mol. The predicted octanol–water partition coefficient (Wildman–Crippen LogP) is 2.22. The van der Waals surface area contributed by atoms with Gasteiger partial charge in [-0.3, -0.25) is 9.59 Å². The first kappa shape index (κ1) is 26.3. The molecule has 0 aliphatic carbocycles. The lowest BCUT2D eigenvalue weighted by Gasteiger charge is -2.31. The van der Waals surface area contributed by atoms with Crippen molar-refractivity contribution < 1.29 is 22.7 Å². The number of carbonyl (C=O) groups is 2. The number of hydrogen-bond acceptors (Lipinski definition) is 5. The molecule has 9 heteroatoms. The van der Waals surface area contributed by atoms with Gasteiger partial charge in [0.05, 0.1) is 4.90 Å². The first-order valence-corrected chi connectivity index (χ1v) is 12.9. The Morgan fingerprint density at radius 3 is 2.38 bits per heavy atom. The van der Waals surface area contributed by atoms with E-state index in [0.29, 0.717) is 26.0 Å². The van der Waals surface area contributed by atoms with Gasteiger partial charge in [-0.05, 0) is 51.7 Å². The van der Waals surface area contributed by atoms with E-state index in [-0.39, 0.29) is 35.7 Å². The van der Waals surface area contributed by atoms with Gasteiger partial charge >= 0.3 is 0 Å². The average molecular weight is 468 g/mol. The third-order valence-corrected chi connectivity index (χ3v) is 7.56. The van der Waals surface area contributed by atoms with Crippen LogP contribution >= 0.6 is 0 Å². The number of amides is 2. The summed E-state index contributed by atoms with van der Waals surface area (Å²) in [5.41, 5.74) is 0.998. The second-order valence-corrected chi connectivity index (χ2v) is 10.3. The van der Waals surface area contributed by atoms with E-state index >= 15 is 0 Å². The molecule has 1 aromatic rings. The Hall–Kier alpha value is -1.97. The Labute approximate surface area is 192 Å². The monoisotopic (exact) mass is 467 g/mol. The minimum atomic E-state index is -3.56. The Morgan fingerprint density at radius 2 is 1.75 bits per heavy atom. The van der Waals surface area contributed by atoms with E-state index in [1.807, 2.05) is 6.92 Å². The van der Waals surface area contributed by atoms with Crippen LogP contribution in [-0.4, -0.2) is 63.4 Å². The number of unbranched alkanes of at least 4 members (excludes halogenated alkanes) is 1. The number of rotatable bonds is 12. The Kier molecular flexibility index (Phi) is 10.6. The van der Waals surface area contributed by atoms with Crippen molar-refractivity contribution >= 4 is 21.8 Å². The van der Waals surface area contributed by atoms with Crippen molar-refractivity contribution in [1.82, 2.24) is 14.9 Å². The summed E-state index contributed by atoms with van der Waals surface area (Å²) in [6, 6.07) is 6.14. The molecule has 0 saturated carbocycles. The van der Waals surface area contributed by atoms with Gasteiger partial charge < -0.3 is 15.4 Å². The van der Waals surface area contributed by atoms with E-state index in [9.17, 15) is 18.0 Å². The highest BCUT2D eigenvalue weighted by molar-refractivity contribution is 7.89. The molecule has 1 fully saturated rings. The lowest BCUT2D eigenvalue weighted by Crippen LogP contribution is -2.49. The van der Waals surface area contributed by atoms with Crippen molar-refractivity contribution in [3.8, 4) is 0 Å². The van der Waals surface area contributed by atoms with Crippen LogP contribution in [0.4, 0.5) is 0 Å². The van der Waals surface area contributed by atoms with Crippen LogP contribution in [0.25, 0.3) is 0 Å². The SMILES string of the molecule is CCCCOCCCNC(=O)[C@H](C)NC(=O)C1CCN(S(=O)(=O)c2ccc(C)cc2)CC1. The van der Waals surface area contributed by atoms with Gasteiger partial charge in [0.15, 0.2) is 0 Å². The molecule has 1 heterocycles. The van der Waals surface area contributed by atoms with Gasteiger partial charge in [-0.15, -0.1) is 0 Å². The van der Waals surface area contributed by atoms with Gasteiger partial charge in [0.1, 0.15) is 6.04 Å². The molecule has 1 aliphatic rings. The fraction of sp³-hybridized carbons (Fsp3) is 0.652. The van der Waals surface area contributed by atoms with Crippen LogP contribution in [0, 0.1) is 12.8 Å². The number of piperidine rings is 1. The third kappa shape index (κ3) is 7.86. The summed E-state index contributed by atoms with van der Waals surface area (Å²) < 4.78 is 32.5. The highest BCUT2D eigenvalue weighted by atomic mass is 32.2. The summed E-state index contributed by atoms with van der Waals surface area (Å²) in [6.07, 6.45) is 3.71. The minimum absolute atomic E-state index is 0.206.